The van der Waals surface area contributed by atoms with Gasteiger partial charge in [-0.25, -0.2) is 13.9 Å². The molecule has 1 saturated heterocycles. The van der Waals surface area contributed by atoms with Crippen molar-refractivity contribution in [1.82, 2.24) is 14.6 Å². The molecule has 2 aromatic heterocycles. The van der Waals surface area contributed by atoms with Crippen LogP contribution in [0.15, 0.2) is 42.7 Å². The van der Waals surface area contributed by atoms with Crippen molar-refractivity contribution in [3.05, 3.63) is 54.2 Å². The van der Waals surface area contributed by atoms with E-state index in [1.807, 2.05) is 35.8 Å². The van der Waals surface area contributed by atoms with Gasteiger partial charge in [0.2, 0.25) is 0 Å². The normalized spacial score (nSPS) is 15.4. The summed E-state index contributed by atoms with van der Waals surface area (Å²) in [5.74, 6) is 0.786. The number of fused-ring (bicyclic) bond motifs is 1. The molecule has 5 nitrogen and oxygen atoms in total. The van der Waals surface area contributed by atoms with Gasteiger partial charge >= 0.3 is 0 Å². The van der Waals surface area contributed by atoms with Crippen LogP contribution in [0.5, 0.6) is 0 Å². The number of anilines is 2. The van der Waals surface area contributed by atoms with Crippen LogP contribution in [0.1, 0.15) is 5.69 Å². The van der Waals surface area contributed by atoms with Crippen LogP contribution in [0, 0.1) is 12.7 Å². The molecule has 1 aliphatic heterocycles. The molecule has 1 aliphatic rings. The van der Waals surface area contributed by atoms with Gasteiger partial charge < -0.3 is 9.80 Å². The Labute approximate surface area is 134 Å². The summed E-state index contributed by atoms with van der Waals surface area (Å²) in [5.41, 5.74) is 2.67. The molecule has 1 fully saturated rings. The van der Waals surface area contributed by atoms with Crippen molar-refractivity contribution in [3.63, 3.8) is 0 Å². The van der Waals surface area contributed by atoms with Gasteiger partial charge in [0.1, 0.15) is 11.3 Å². The van der Waals surface area contributed by atoms with E-state index in [1.54, 1.807) is 12.3 Å². The fraction of sp³-hybridized carbons (Fsp3) is 0.294. The molecule has 0 N–H and O–H groups in total. The minimum Gasteiger partial charge on any atom is -0.366 e. The summed E-state index contributed by atoms with van der Waals surface area (Å²) < 4.78 is 15.8. The number of hydrogen-bond donors (Lipinski definition) is 0. The Kier molecular flexibility index (Phi) is 3.37. The van der Waals surface area contributed by atoms with Crippen molar-refractivity contribution in [2.45, 2.75) is 6.92 Å². The van der Waals surface area contributed by atoms with E-state index in [-0.39, 0.29) is 5.82 Å². The van der Waals surface area contributed by atoms with Crippen LogP contribution in [-0.2, 0) is 0 Å². The average Bonchev–Trinajstić information content (AvgIpc) is 2.96. The monoisotopic (exact) mass is 311 g/mol. The van der Waals surface area contributed by atoms with Crippen molar-refractivity contribution in [3.8, 4) is 0 Å². The highest BCUT2D eigenvalue weighted by Gasteiger charge is 2.21. The minimum atomic E-state index is -0.160. The van der Waals surface area contributed by atoms with E-state index < -0.39 is 0 Å². The Morgan fingerprint density at radius 1 is 1.04 bits per heavy atom. The van der Waals surface area contributed by atoms with Gasteiger partial charge in [-0.2, -0.15) is 5.10 Å². The highest BCUT2D eigenvalue weighted by Crippen LogP contribution is 2.24. The third kappa shape index (κ3) is 2.50. The lowest BCUT2D eigenvalue weighted by Crippen LogP contribution is -2.47. The summed E-state index contributed by atoms with van der Waals surface area (Å²) >= 11 is 0. The van der Waals surface area contributed by atoms with E-state index in [1.165, 1.54) is 6.07 Å². The Morgan fingerprint density at radius 3 is 2.57 bits per heavy atom. The zero-order chi connectivity index (χ0) is 15.8. The first-order valence-electron chi connectivity index (χ1n) is 7.78. The molecule has 3 aromatic rings. The summed E-state index contributed by atoms with van der Waals surface area (Å²) in [7, 11) is 0. The highest BCUT2D eigenvalue weighted by atomic mass is 19.1. The first-order valence-corrected chi connectivity index (χ1v) is 7.78. The molecule has 0 amide bonds. The summed E-state index contributed by atoms with van der Waals surface area (Å²) in [6.45, 7) is 5.15. The van der Waals surface area contributed by atoms with Crippen molar-refractivity contribution < 1.29 is 4.39 Å². The molecule has 3 heterocycles. The van der Waals surface area contributed by atoms with Crippen LogP contribution in [-0.4, -0.2) is 40.8 Å². The van der Waals surface area contributed by atoms with E-state index in [9.17, 15) is 4.39 Å². The molecule has 0 atom stereocenters. The van der Waals surface area contributed by atoms with Gasteiger partial charge in [0, 0.05) is 38.6 Å². The fourth-order valence-corrected chi connectivity index (χ4v) is 3.14. The molecular weight excluding hydrogens is 293 g/mol. The third-order valence-electron chi connectivity index (χ3n) is 4.26. The zero-order valence-corrected chi connectivity index (χ0v) is 13.0. The molecule has 0 saturated carbocycles. The number of hydrogen-bond acceptors (Lipinski definition) is 4. The average molecular weight is 311 g/mol. The van der Waals surface area contributed by atoms with Gasteiger partial charge in [-0.1, -0.05) is 12.1 Å². The molecule has 0 aliphatic carbocycles. The molecule has 4 rings (SSSR count). The second kappa shape index (κ2) is 5.53. The van der Waals surface area contributed by atoms with Crippen molar-refractivity contribution in [2.24, 2.45) is 0 Å². The molecule has 0 bridgehead atoms. The highest BCUT2D eigenvalue weighted by molar-refractivity contribution is 5.69. The largest absolute Gasteiger partial charge is 0.366 e. The Bertz CT molecular complexity index is 836. The van der Waals surface area contributed by atoms with Gasteiger partial charge in [-0.05, 0) is 25.1 Å². The van der Waals surface area contributed by atoms with Gasteiger partial charge in [0.15, 0.2) is 5.82 Å². The van der Waals surface area contributed by atoms with Crippen molar-refractivity contribution >= 4 is 17.0 Å². The summed E-state index contributed by atoms with van der Waals surface area (Å²) in [6, 6.07) is 9.00. The predicted octanol–water partition coefficient (Wildman–Crippen LogP) is 2.50. The second-order valence-corrected chi connectivity index (χ2v) is 5.79. The number of aryl methyl sites for hydroxylation is 1. The predicted molar refractivity (Wildman–Crippen MR) is 88.6 cm³/mol. The van der Waals surface area contributed by atoms with Crippen molar-refractivity contribution in [2.75, 3.05) is 36.0 Å². The quantitative estimate of drug-likeness (QED) is 0.729. The number of piperazine rings is 1. The molecule has 23 heavy (non-hydrogen) atoms. The maximum Gasteiger partial charge on any atom is 0.154 e. The summed E-state index contributed by atoms with van der Waals surface area (Å²) in [6.07, 6.45) is 3.64. The topological polar surface area (TPSA) is 36.7 Å². The van der Waals surface area contributed by atoms with Crippen LogP contribution < -0.4 is 9.80 Å². The fourth-order valence-electron chi connectivity index (χ4n) is 3.14. The number of rotatable bonds is 2. The maximum absolute atomic E-state index is 13.9. The zero-order valence-electron chi connectivity index (χ0n) is 13.0. The van der Waals surface area contributed by atoms with E-state index in [0.29, 0.717) is 5.69 Å². The SMILES string of the molecule is Cc1cc2c(N3CCN(c4ccccc4F)CC3)nccn2n1. The van der Waals surface area contributed by atoms with Crippen LogP contribution in [0.3, 0.4) is 0 Å². The van der Waals surface area contributed by atoms with E-state index >= 15 is 0 Å². The van der Waals surface area contributed by atoms with Crippen molar-refractivity contribution in [1.29, 1.82) is 0 Å². The number of para-hydroxylation sites is 1. The maximum atomic E-state index is 13.9. The molecule has 0 unspecified atom stereocenters. The number of halogens is 1. The van der Waals surface area contributed by atoms with E-state index in [2.05, 4.69) is 19.9 Å². The number of nitrogens with zero attached hydrogens (tertiary/aromatic N) is 5. The number of benzene rings is 1. The van der Waals surface area contributed by atoms with Gasteiger partial charge in [-0.15, -0.1) is 0 Å². The summed E-state index contributed by atoms with van der Waals surface area (Å²) in [5, 5.41) is 4.43. The molecule has 1 aromatic carbocycles. The molecule has 6 heteroatoms. The van der Waals surface area contributed by atoms with Gasteiger partial charge in [0.05, 0.1) is 11.4 Å². The van der Waals surface area contributed by atoms with Crippen LogP contribution >= 0.6 is 0 Å². The van der Waals surface area contributed by atoms with Gasteiger partial charge in [-0.3, -0.25) is 0 Å². The number of aromatic nitrogens is 3. The lowest BCUT2D eigenvalue weighted by atomic mass is 10.2. The Balaban J connectivity index is 1.56. The Morgan fingerprint density at radius 2 is 1.78 bits per heavy atom. The lowest BCUT2D eigenvalue weighted by molar-refractivity contribution is 0.596. The molecule has 0 spiro atoms. The molecule has 0 radical (unpaired) electrons. The molecule has 118 valence electrons. The summed E-state index contributed by atoms with van der Waals surface area (Å²) in [4.78, 5) is 8.87. The van der Waals surface area contributed by atoms with E-state index in [4.69, 9.17) is 0 Å². The third-order valence-corrected chi connectivity index (χ3v) is 4.26. The van der Waals surface area contributed by atoms with Gasteiger partial charge in [0.25, 0.3) is 0 Å². The lowest BCUT2D eigenvalue weighted by Gasteiger charge is -2.36. The second-order valence-electron chi connectivity index (χ2n) is 5.79. The first kappa shape index (κ1) is 14.0. The van der Waals surface area contributed by atoms with Crippen LogP contribution in [0.2, 0.25) is 0 Å². The Hall–Kier alpha value is -2.63. The van der Waals surface area contributed by atoms with E-state index in [0.717, 1.165) is 43.2 Å². The molecular formula is C17H18FN5. The van der Waals surface area contributed by atoms with Crippen LogP contribution in [0.25, 0.3) is 5.52 Å². The van der Waals surface area contributed by atoms with Crippen LogP contribution in [0.4, 0.5) is 15.9 Å². The first-order chi connectivity index (χ1) is 11.2. The standard InChI is InChI=1S/C17H18FN5/c1-13-12-16-17(19-6-7-23(16)20-13)22-10-8-21(9-11-22)15-5-3-2-4-14(15)18/h2-7,12H,8-11H2,1H3. The minimum absolute atomic E-state index is 0.160. The smallest absolute Gasteiger partial charge is 0.154 e.